The van der Waals surface area contributed by atoms with Crippen molar-refractivity contribution in [2.24, 2.45) is 0 Å². The van der Waals surface area contributed by atoms with Crippen molar-refractivity contribution in [2.75, 3.05) is 0 Å². The first-order chi connectivity index (χ1) is 9.55. The summed E-state index contributed by atoms with van der Waals surface area (Å²) in [6.45, 7) is 0. The van der Waals surface area contributed by atoms with Gasteiger partial charge < -0.3 is 5.11 Å². The molecule has 1 aliphatic carbocycles. The summed E-state index contributed by atoms with van der Waals surface area (Å²) in [5.41, 5.74) is 0. The van der Waals surface area contributed by atoms with Crippen LogP contribution in [0.25, 0.3) is 0 Å². The van der Waals surface area contributed by atoms with Crippen LogP contribution in [0.1, 0.15) is 25.7 Å². The third-order valence-corrected chi connectivity index (χ3v) is 2.15. The van der Waals surface area contributed by atoms with Crippen molar-refractivity contribution < 1.29 is 56.3 Å². The molecule has 0 unspecified atom stereocenters. The Hall–Kier alpha value is -1.08. The zero-order chi connectivity index (χ0) is 16.5. The van der Waals surface area contributed by atoms with Gasteiger partial charge >= 0.3 is 12.4 Å². The summed E-state index contributed by atoms with van der Waals surface area (Å²) in [7, 11) is 0. The molecule has 0 saturated carbocycles. The van der Waals surface area contributed by atoms with Crippen LogP contribution in [0.4, 0.5) is 26.3 Å². The molecule has 0 aromatic heterocycles. The minimum Gasteiger partial charge on any atom is -0.869 e. The zero-order valence-electron chi connectivity index (χ0n) is 11.1. The van der Waals surface area contributed by atoms with Gasteiger partial charge in [0.15, 0.2) is 0 Å². The molecule has 0 aliphatic heterocycles. The van der Waals surface area contributed by atoms with Crippen LogP contribution in [-0.2, 0) is 24.9 Å². The van der Waals surface area contributed by atoms with E-state index in [1.54, 1.807) is 0 Å². The molecule has 9 heteroatoms. The average Bonchev–Trinajstić information content (AvgIpc) is 2.25. The van der Waals surface area contributed by atoms with E-state index in [0.29, 0.717) is 0 Å². The predicted octanol–water partition coefficient (Wildman–Crippen LogP) is 3.59. The number of allylic oxidation sites excluding steroid dienone is 6. The fourth-order valence-corrected chi connectivity index (χ4v) is 1.14. The third kappa shape index (κ3) is 11.6. The van der Waals surface area contributed by atoms with Crippen molar-refractivity contribution in [3.63, 3.8) is 0 Å². The molecule has 0 heterocycles. The van der Waals surface area contributed by atoms with Crippen LogP contribution in [0, 0.1) is 0 Å². The molecule has 0 aromatic carbocycles. The Morgan fingerprint density at radius 1 is 0.818 bits per heavy atom. The van der Waals surface area contributed by atoms with Gasteiger partial charge in [-0.05, 0) is 37.5 Å². The smallest absolute Gasteiger partial charge is 0.454 e. The number of carbonyl (C=O) groups is 1. The Labute approximate surface area is 136 Å². The van der Waals surface area contributed by atoms with Gasteiger partial charge in [-0.2, -0.15) is 26.3 Å². The molecule has 1 rings (SSSR count). The van der Waals surface area contributed by atoms with Crippen LogP contribution in [0.2, 0.25) is 0 Å². The number of alkyl halides is 6. The van der Waals surface area contributed by atoms with E-state index in [2.05, 4.69) is 24.3 Å². The van der Waals surface area contributed by atoms with Crippen molar-refractivity contribution in [1.29, 1.82) is 0 Å². The number of rotatable bonds is 1. The normalized spacial score (nSPS) is 17.3. The van der Waals surface area contributed by atoms with Crippen LogP contribution in [0.3, 0.4) is 0 Å². The average molecular weight is 507 g/mol. The van der Waals surface area contributed by atoms with E-state index in [9.17, 15) is 36.2 Å². The van der Waals surface area contributed by atoms with Crippen LogP contribution in [-0.4, -0.2) is 18.1 Å². The summed E-state index contributed by atoms with van der Waals surface area (Å²) in [6.07, 6.45) is 2.06. The summed E-state index contributed by atoms with van der Waals surface area (Å²) in [5.74, 6) is -5.65. The van der Waals surface area contributed by atoms with Crippen LogP contribution in [0.5, 0.6) is 0 Å². The van der Waals surface area contributed by atoms with Gasteiger partial charge in [-0.15, -0.1) is 0 Å². The van der Waals surface area contributed by atoms with E-state index < -0.39 is 30.0 Å². The summed E-state index contributed by atoms with van der Waals surface area (Å²) in [5, 5.41) is 9.82. The second kappa shape index (κ2) is 10.6. The molecule has 0 N–H and O–H groups in total. The van der Waals surface area contributed by atoms with E-state index in [4.69, 9.17) is 0 Å². The fourth-order valence-electron chi connectivity index (χ4n) is 1.14. The van der Waals surface area contributed by atoms with Crippen LogP contribution in [0.15, 0.2) is 36.1 Å². The number of hydrogen-bond donors (Lipinski definition) is 0. The van der Waals surface area contributed by atoms with Crippen molar-refractivity contribution >= 4 is 5.78 Å². The second-order valence-corrected chi connectivity index (χ2v) is 3.97. The van der Waals surface area contributed by atoms with Gasteiger partial charge in [0.25, 0.3) is 5.78 Å². The molecule has 1 aliphatic rings. The molecule has 22 heavy (non-hydrogen) atoms. The molecule has 0 amide bonds. The quantitative estimate of drug-likeness (QED) is 0.236. The second-order valence-electron chi connectivity index (χ2n) is 3.97. The summed E-state index contributed by atoms with van der Waals surface area (Å²) >= 11 is 0. The van der Waals surface area contributed by atoms with Gasteiger partial charge in [-0.3, -0.25) is 4.79 Å². The van der Waals surface area contributed by atoms with Crippen molar-refractivity contribution in [3.05, 3.63) is 36.1 Å². The summed E-state index contributed by atoms with van der Waals surface area (Å²) in [4.78, 5) is 9.82. The molecule has 0 aromatic rings. The summed E-state index contributed by atoms with van der Waals surface area (Å²) < 4.78 is 67.8. The maximum atomic E-state index is 11.3. The van der Waals surface area contributed by atoms with Crippen molar-refractivity contribution in [1.82, 2.24) is 0 Å². The first-order valence-electron chi connectivity index (χ1n) is 5.92. The third-order valence-electron chi connectivity index (χ3n) is 2.15. The Morgan fingerprint density at radius 2 is 1.14 bits per heavy atom. The van der Waals surface area contributed by atoms with E-state index in [0.717, 1.165) is 0 Å². The molecule has 0 fully saturated rings. The first-order valence-corrected chi connectivity index (χ1v) is 5.92. The topological polar surface area (TPSA) is 40.1 Å². The SMILES string of the molecule is C1=CCC/C=C\CC1.O=C(/C=C(\[O-])C(F)(F)F)C(F)(F)F.[Ir]. The van der Waals surface area contributed by atoms with E-state index >= 15 is 0 Å². The fraction of sp³-hybridized carbons (Fsp3) is 0.462. The monoisotopic (exact) mass is 508 g/mol. The first kappa shape index (κ1) is 23.2. The molecular formula is C13H13F6IrO2-. The number of halogens is 6. The maximum absolute atomic E-state index is 11.3. The van der Waals surface area contributed by atoms with E-state index in [1.165, 1.54) is 25.7 Å². The minimum absolute atomic E-state index is 0. The number of ketones is 1. The van der Waals surface area contributed by atoms with Gasteiger partial charge in [0.1, 0.15) is 0 Å². The molecule has 0 bridgehead atoms. The Kier molecular flexibility index (Phi) is 11.2. The van der Waals surface area contributed by atoms with Crippen LogP contribution >= 0.6 is 0 Å². The van der Waals surface area contributed by atoms with Gasteiger partial charge in [0.2, 0.25) is 0 Å². The maximum Gasteiger partial charge on any atom is 0.454 e. The van der Waals surface area contributed by atoms with Gasteiger partial charge in [0.05, 0.1) is 0 Å². The zero-order valence-corrected chi connectivity index (χ0v) is 13.5. The standard InChI is InChI=1S/C8H12.C5H2F6O2.Ir/c1-2-4-6-8-7-5-3-1;6-4(7,8)2(12)1-3(13)5(9,10)11;/h1-2,7-8H,3-6H2;1,12H;/p-1/b2-1-,8-7?;2-1-;. The molecule has 0 saturated heterocycles. The molecule has 1 radical (unpaired) electrons. The largest absolute Gasteiger partial charge is 0.869 e. The molecular weight excluding hydrogens is 494 g/mol. The van der Waals surface area contributed by atoms with E-state index in [-0.39, 0.29) is 20.1 Å². The Morgan fingerprint density at radius 3 is 1.36 bits per heavy atom. The van der Waals surface area contributed by atoms with Gasteiger partial charge in [0, 0.05) is 20.1 Å². The van der Waals surface area contributed by atoms with Crippen molar-refractivity contribution in [3.8, 4) is 0 Å². The van der Waals surface area contributed by atoms with Crippen molar-refractivity contribution in [2.45, 2.75) is 38.0 Å². The van der Waals surface area contributed by atoms with E-state index in [1.807, 2.05) is 0 Å². The minimum atomic E-state index is -5.46. The van der Waals surface area contributed by atoms with Gasteiger partial charge in [-0.25, -0.2) is 0 Å². The molecule has 2 nitrogen and oxygen atoms in total. The molecule has 129 valence electrons. The molecule has 0 atom stereocenters. The summed E-state index contributed by atoms with van der Waals surface area (Å²) in [6, 6.07) is 0. The Bertz CT molecular complexity index is 395. The predicted molar refractivity (Wildman–Crippen MR) is 61.9 cm³/mol. The number of carbonyl (C=O) groups excluding carboxylic acids is 1. The van der Waals surface area contributed by atoms with Crippen LogP contribution < -0.4 is 5.11 Å². The molecule has 0 spiro atoms. The van der Waals surface area contributed by atoms with Gasteiger partial charge in [-0.1, -0.05) is 24.3 Å². The number of hydrogen-bond acceptors (Lipinski definition) is 2. The Balaban J connectivity index is 0.